The van der Waals surface area contributed by atoms with Gasteiger partial charge >= 0.3 is 5.97 Å². The lowest BCUT2D eigenvalue weighted by Gasteiger charge is -2.16. The molecule has 0 amide bonds. The number of hydrogen-bond donors (Lipinski definition) is 2. The second-order valence-corrected chi connectivity index (χ2v) is 6.85. The van der Waals surface area contributed by atoms with Crippen LogP contribution in [-0.4, -0.2) is 43.4 Å². The molecule has 0 radical (unpaired) electrons. The van der Waals surface area contributed by atoms with Crippen LogP contribution in [0.5, 0.6) is 0 Å². The smallest absolute Gasteiger partial charge is 0.340 e. The van der Waals surface area contributed by atoms with E-state index in [2.05, 4.69) is 0 Å². The quantitative estimate of drug-likeness (QED) is 0.840. The Hall–Kier alpha value is -1.38. The number of nitrogens with zero attached hydrogens (tertiary/aromatic N) is 1. The minimum Gasteiger partial charge on any atom is -0.478 e. The fourth-order valence-electron chi connectivity index (χ4n) is 2.56. The molecule has 0 aromatic carbocycles. The summed E-state index contributed by atoms with van der Waals surface area (Å²) in [5.41, 5.74) is 5.28. The Morgan fingerprint density at radius 2 is 2.10 bits per heavy atom. The van der Waals surface area contributed by atoms with Crippen molar-refractivity contribution in [3.05, 3.63) is 17.1 Å². The molecule has 2 rings (SSSR count). The number of carboxylic acid groups (broad SMARTS) is 1. The van der Waals surface area contributed by atoms with E-state index in [1.807, 2.05) is 0 Å². The summed E-state index contributed by atoms with van der Waals surface area (Å²) in [7, 11) is -3.86. The van der Waals surface area contributed by atoms with E-state index in [0.717, 1.165) is 0 Å². The average molecular weight is 302 g/mol. The number of aryl methyl sites for hydroxylation is 2. The van der Waals surface area contributed by atoms with E-state index in [1.165, 1.54) is 18.2 Å². The minimum absolute atomic E-state index is 0.100. The molecule has 1 aromatic heterocycles. The standard InChI is InChI=1S/C12H18N2O5S/c1-7-10(12(15)16)11(8(2)19-7)20(17,18)14-4-3-9(5-13)6-14/h9H,3-6,13H2,1-2H3,(H,15,16). The van der Waals surface area contributed by atoms with Gasteiger partial charge in [-0.1, -0.05) is 0 Å². The Morgan fingerprint density at radius 1 is 1.45 bits per heavy atom. The van der Waals surface area contributed by atoms with Gasteiger partial charge in [0, 0.05) is 13.1 Å². The number of rotatable bonds is 4. The van der Waals surface area contributed by atoms with E-state index in [0.29, 0.717) is 26.1 Å². The second kappa shape index (κ2) is 5.19. The fourth-order valence-corrected chi connectivity index (χ4v) is 4.46. The van der Waals surface area contributed by atoms with E-state index in [1.54, 1.807) is 0 Å². The molecule has 3 N–H and O–H groups in total. The van der Waals surface area contributed by atoms with Gasteiger partial charge in [-0.25, -0.2) is 13.2 Å². The number of sulfonamides is 1. The molecule has 1 aliphatic rings. The molecule has 0 spiro atoms. The van der Waals surface area contributed by atoms with Crippen LogP contribution in [0.2, 0.25) is 0 Å². The highest BCUT2D eigenvalue weighted by molar-refractivity contribution is 7.89. The Balaban J connectivity index is 2.48. The molecule has 7 nitrogen and oxygen atoms in total. The van der Waals surface area contributed by atoms with Gasteiger partial charge in [0.15, 0.2) is 0 Å². The first-order valence-corrected chi connectivity index (χ1v) is 7.76. The first kappa shape index (κ1) is 15.0. The van der Waals surface area contributed by atoms with Gasteiger partial charge in [0.05, 0.1) is 0 Å². The summed E-state index contributed by atoms with van der Waals surface area (Å²) in [6, 6.07) is 0. The summed E-state index contributed by atoms with van der Waals surface area (Å²) in [6.07, 6.45) is 0.689. The Kier molecular flexibility index (Phi) is 3.90. The zero-order valence-electron chi connectivity index (χ0n) is 11.4. The third-order valence-electron chi connectivity index (χ3n) is 3.60. The van der Waals surface area contributed by atoms with E-state index in [4.69, 9.17) is 10.2 Å². The molecule has 8 heteroatoms. The second-order valence-electron chi connectivity index (χ2n) is 4.98. The Morgan fingerprint density at radius 3 is 2.60 bits per heavy atom. The van der Waals surface area contributed by atoms with Crippen LogP contribution in [0.15, 0.2) is 9.31 Å². The molecule has 1 aromatic rings. The van der Waals surface area contributed by atoms with Gasteiger partial charge in [0.25, 0.3) is 0 Å². The third kappa shape index (κ3) is 2.34. The highest BCUT2D eigenvalue weighted by Gasteiger charge is 2.38. The third-order valence-corrected chi connectivity index (χ3v) is 5.62. The Bertz CT molecular complexity index is 635. The molecular weight excluding hydrogens is 284 g/mol. The number of furan rings is 1. The average Bonchev–Trinajstić information content (AvgIpc) is 2.93. The molecule has 1 aliphatic heterocycles. The van der Waals surface area contributed by atoms with Crippen LogP contribution < -0.4 is 5.73 Å². The van der Waals surface area contributed by atoms with Crippen molar-refractivity contribution in [2.75, 3.05) is 19.6 Å². The summed E-state index contributed by atoms with van der Waals surface area (Å²) in [5.74, 6) is -0.974. The molecule has 2 heterocycles. The van der Waals surface area contributed by atoms with Crippen LogP contribution in [0.25, 0.3) is 0 Å². The van der Waals surface area contributed by atoms with E-state index in [9.17, 15) is 18.3 Å². The molecule has 1 atom stereocenters. The molecule has 112 valence electrons. The number of carbonyl (C=O) groups is 1. The summed E-state index contributed by atoms with van der Waals surface area (Å²) >= 11 is 0. The summed E-state index contributed by atoms with van der Waals surface area (Å²) < 4.78 is 31.7. The van der Waals surface area contributed by atoms with E-state index in [-0.39, 0.29) is 27.9 Å². The zero-order valence-corrected chi connectivity index (χ0v) is 12.2. The van der Waals surface area contributed by atoms with Crippen LogP contribution in [0.1, 0.15) is 28.3 Å². The number of hydrogen-bond acceptors (Lipinski definition) is 5. The van der Waals surface area contributed by atoms with E-state index < -0.39 is 16.0 Å². The lowest BCUT2D eigenvalue weighted by molar-refractivity contribution is 0.0691. The molecule has 1 saturated heterocycles. The topological polar surface area (TPSA) is 114 Å². The van der Waals surface area contributed by atoms with Crippen molar-refractivity contribution in [2.24, 2.45) is 11.7 Å². The number of aromatic carboxylic acids is 1. The van der Waals surface area contributed by atoms with Crippen LogP contribution in [0.4, 0.5) is 0 Å². The van der Waals surface area contributed by atoms with Crippen LogP contribution in [0.3, 0.4) is 0 Å². The first-order valence-electron chi connectivity index (χ1n) is 6.32. The van der Waals surface area contributed by atoms with Crippen LogP contribution >= 0.6 is 0 Å². The maximum Gasteiger partial charge on any atom is 0.340 e. The lowest BCUT2D eigenvalue weighted by Crippen LogP contribution is -2.31. The maximum absolute atomic E-state index is 12.6. The molecule has 0 saturated carbocycles. The minimum atomic E-state index is -3.86. The van der Waals surface area contributed by atoms with Gasteiger partial charge in [0.1, 0.15) is 22.0 Å². The Labute approximate surface area is 117 Å². The highest BCUT2D eigenvalue weighted by Crippen LogP contribution is 2.31. The maximum atomic E-state index is 12.6. The largest absolute Gasteiger partial charge is 0.478 e. The van der Waals surface area contributed by atoms with Crippen LogP contribution in [0, 0.1) is 19.8 Å². The predicted octanol–water partition coefficient (Wildman–Crippen LogP) is 0.564. The molecule has 0 aliphatic carbocycles. The van der Waals surface area contributed by atoms with E-state index >= 15 is 0 Å². The van der Waals surface area contributed by atoms with Crippen molar-refractivity contribution in [3.63, 3.8) is 0 Å². The number of nitrogens with two attached hydrogens (primary N) is 1. The monoisotopic (exact) mass is 302 g/mol. The SMILES string of the molecule is Cc1oc(C)c(S(=O)(=O)N2CCC(CN)C2)c1C(=O)O. The molecule has 20 heavy (non-hydrogen) atoms. The lowest BCUT2D eigenvalue weighted by atomic mass is 10.1. The molecule has 1 unspecified atom stereocenters. The zero-order chi connectivity index (χ0) is 15.1. The number of carboxylic acids is 1. The van der Waals surface area contributed by atoms with Crippen molar-refractivity contribution in [2.45, 2.75) is 25.2 Å². The van der Waals surface area contributed by atoms with Crippen molar-refractivity contribution in [1.82, 2.24) is 4.31 Å². The van der Waals surface area contributed by atoms with Gasteiger partial charge < -0.3 is 15.3 Å². The van der Waals surface area contributed by atoms with Gasteiger partial charge in [0.2, 0.25) is 10.0 Å². The van der Waals surface area contributed by atoms with Crippen molar-refractivity contribution in [3.8, 4) is 0 Å². The van der Waals surface area contributed by atoms with Crippen molar-refractivity contribution >= 4 is 16.0 Å². The van der Waals surface area contributed by atoms with Gasteiger partial charge in [-0.15, -0.1) is 0 Å². The molecular formula is C12H18N2O5S. The summed E-state index contributed by atoms with van der Waals surface area (Å²) in [5, 5.41) is 9.20. The molecule has 0 bridgehead atoms. The first-order chi connectivity index (χ1) is 9.28. The normalized spacial score (nSPS) is 20.4. The molecule has 1 fully saturated rings. The highest BCUT2D eigenvalue weighted by atomic mass is 32.2. The van der Waals surface area contributed by atoms with Crippen molar-refractivity contribution in [1.29, 1.82) is 0 Å². The van der Waals surface area contributed by atoms with Crippen molar-refractivity contribution < 1.29 is 22.7 Å². The van der Waals surface area contributed by atoms with Gasteiger partial charge in [-0.3, -0.25) is 0 Å². The summed E-state index contributed by atoms with van der Waals surface area (Å²) in [6.45, 7) is 4.00. The summed E-state index contributed by atoms with van der Waals surface area (Å²) in [4.78, 5) is 11.0. The van der Waals surface area contributed by atoms with Crippen LogP contribution in [-0.2, 0) is 10.0 Å². The van der Waals surface area contributed by atoms with Gasteiger partial charge in [-0.2, -0.15) is 4.31 Å². The predicted molar refractivity (Wildman–Crippen MR) is 71.1 cm³/mol. The fraction of sp³-hybridized carbons (Fsp3) is 0.583. The van der Waals surface area contributed by atoms with Gasteiger partial charge in [-0.05, 0) is 32.7 Å².